The van der Waals surface area contributed by atoms with Gasteiger partial charge in [-0.1, -0.05) is 66.7 Å². The molecule has 2 aliphatic rings. The predicted molar refractivity (Wildman–Crippen MR) is 139 cm³/mol. The molecule has 0 aliphatic carbocycles. The first-order chi connectivity index (χ1) is 18.1. The van der Waals surface area contributed by atoms with Crippen LogP contribution in [0.15, 0.2) is 83.9 Å². The molecule has 0 bridgehead atoms. The number of hydrogen-bond donors (Lipinski definition) is 2. The lowest BCUT2D eigenvalue weighted by molar-refractivity contribution is -0.145. The molecule has 8 heteroatoms. The maximum atomic E-state index is 12.1. The number of amides is 1. The molecular weight excluding hydrogens is 470 g/mol. The highest BCUT2D eigenvalue weighted by atomic mass is 16.7. The van der Waals surface area contributed by atoms with Crippen LogP contribution in [0.4, 0.5) is 0 Å². The van der Waals surface area contributed by atoms with Crippen molar-refractivity contribution in [2.75, 3.05) is 13.2 Å². The molecule has 1 saturated heterocycles. The maximum absolute atomic E-state index is 12.1. The Morgan fingerprint density at radius 3 is 2.35 bits per heavy atom. The summed E-state index contributed by atoms with van der Waals surface area (Å²) in [5.41, 5.74) is 7.00. The molecule has 0 aromatic heterocycles. The Morgan fingerprint density at radius 2 is 1.65 bits per heavy atom. The van der Waals surface area contributed by atoms with Gasteiger partial charge < -0.3 is 14.8 Å². The molecule has 37 heavy (non-hydrogen) atoms. The van der Waals surface area contributed by atoms with E-state index >= 15 is 0 Å². The second-order valence-electron chi connectivity index (χ2n) is 9.02. The van der Waals surface area contributed by atoms with Gasteiger partial charge >= 0.3 is 5.97 Å². The number of nitrogens with zero attached hydrogens (tertiary/aromatic N) is 1. The van der Waals surface area contributed by atoms with Gasteiger partial charge in [0.15, 0.2) is 5.84 Å². The smallest absolute Gasteiger partial charge is 0.306 e. The molecule has 3 atom stereocenters. The number of ether oxygens (including phenoxy) is 2. The van der Waals surface area contributed by atoms with E-state index < -0.39 is 0 Å². The summed E-state index contributed by atoms with van der Waals surface area (Å²) < 4.78 is 10.8. The molecule has 2 N–H and O–H groups in total. The zero-order valence-electron chi connectivity index (χ0n) is 20.6. The fourth-order valence-electron chi connectivity index (χ4n) is 4.47. The SMILES string of the molecule is CCOC(=O)C[C@@H]1C[C@@H](COc2ccc(-c3ccc(C4=NC(c5ccccc5)ON4)cc3)cc2)NC1=O. The lowest BCUT2D eigenvalue weighted by Gasteiger charge is -2.12. The van der Waals surface area contributed by atoms with Crippen LogP contribution in [0.2, 0.25) is 0 Å². The molecule has 1 amide bonds. The topological polar surface area (TPSA) is 98.2 Å². The summed E-state index contributed by atoms with van der Waals surface area (Å²) in [5.74, 6) is 0.593. The van der Waals surface area contributed by atoms with E-state index in [1.54, 1.807) is 6.92 Å². The van der Waals surface area contributed by atoms with Gasteiger partial charge in [0.05, 0.1) is 25.0 Å². The summed E-state index contributed by atoms with van der Waals surface area (Å²) >= 11 is 0. The van der Waals surface area contributed by atoms with E-state index in [2.05, 4.69) is 15.8 Å². The van der Waals surface area contributed by atoms with E-state index in [1.165, 1.54) is 0 Å². The van der Waals surface area contributed by atoms with Crippen LogP contribution in [0.1, 0.15) is 37.1 Å². The number of nitrogens with one attached hydrogen (secondary N) is 2. The lowest BCUT2D eigenvalue weighted by Crippen LogP contribution is -2.31. The number of hydrogen-bond acceptors (Lipinski definition) is 7. The lowest BCUT2D eigenvalue weighted by atomic mass is 10.0. The summed E-state index contributed by atoms with van der Waals surface area (Å²) in [6.45, 7) is 2.42. The van der Waals surface area contributed by atoms with Gasteiger partial charge in [-0.05, 0) is 36.6 Å². The molecule has 1 unspecified atom stereocenters. The minimum Gasteiger partial charge on any atom is -0.491 e. The maximum Gasteiger partial charge on any atom is 0.306 e. The van der Waals surface area contributed by atoms with Crippen LogP contribution in [0.3, 0.4) is 0 Å². The number of benzene rings is 3. The van der Waals surface area contributed by atoms with Crippen LogP contribution in [-0.4, -0.2) is 37.0 Å². The van der Waals surface area contributed by atoms with Crippen molar-refractivity contribution in [1.82, 2.24) is 10.8 Å². The minimum absolute atomic E-state index is 0.105. The van der Waals surface area contributed by atoms with Gasteiger partial charge in [-0.15, -0.1) is 0 Å². The van der Waals surface area contributed by atoms with E-state index in [0.29, 0.717) is 25.5 Å². The van der Waals surface area contributed by atoms with Gasteiger partial charge in [0.2, 0.25) is 12.1 Å². The van der Waals surface area contributed by atoms with Crippen LogP contribution < -0.4 is 15.5 Å². The second-order valence-corrected chi connectivity index (χ2v) is 9.02. The Morgan fingerprint density at radius 1 is 0.973 bits per heavy atom. The molecule has 3 aromatic carbocycles. The third-order valence-corrected chi connectivity index (χ3v) is 6.40. The van der Waals surface area contributed by atoms with Gasteiger partial charge in [0, 0.05) is 11.1 Å². The van der Waals surface area contributed by atoms with Crippen LogP contribution in [-0.2, 0) is 19.2 Å². The molecule has 0 spiro atoms. The van der Waals surface area contributed by atoms with E-state index in [0.717, 1.165) is 28.0 Å². The number of hydroxylamine groups is 1. The van der Waals surface area contributed by atoms with E-state index in [-0.39, 0.29) is 36.5 Å². The summed E-state index contributed by atoms with van der Waals surface area (Å²) in [4.78, 5) is 34.1. The number of carbonyl (C=O) groups is 2. The highest BCUT2D eigenvalue weighted by Gasteiger charge is 2.34. The summed E-state index contributed by atoms with van der Waals surface area (Å²) in [5, 5.41) is 2.90. The normalized spacial score (nSPS) is 20.6. The molecule has 5 rings (SSSR count). The van der Waals surface area contributed by atoms with E-state index in [4.69, 9.17) is 14.3 Å². The molecule has 190 valence electrons. The van der Waals surface area contributed by atoms with Gasteiger partial charge in [-0.3, -0.25) is 9.59 Å². The summed E-state index contributed by atoms with van der Waals surface area (Å²) in [7, 11) is 0. The standard InChI is InChI=1S/C29H29N3O5/c1-2-35-26(33)17-23-16-24(30-28(23)34)18-36-25-14-12-20(13-15-25)19-8-10-21(11-9-19)27-31-29(37-32-27)22-6-4-3-5-7-22/h3-15,23-24,29H,2,16-18H2,1H3,(H,30,34)(H,31,32)/t23-,24-,29?/m0/s1. The van der Waals surface area contributed by atoms with Crippen molar-refractivity contribution in [1.29, 1.82) is 0 Å². The van der Waals surface area contributed by atoms with Crippen molar-refractivity contribution in [3.05, 3.63) is 90.0 Å². The van der Waals surface area contributed by atoms with Crippen molar-refractivity contribution in [2.24, 2.45) is 10.9 Å². The molecule has 2 heterocycles. The van der Waals surface area contributed by atoms with Crippen molar-refractivity contribution in [3.8, 4) is 16.9 Å². The summed E-state index contributed by atoms with van der Waals surface area (Å²) in [6, 6.07) is 25.7. The third-order valence-electron chi connectivity index (χ3n) is 6.40. The Bertz CT molecular complexity index is 1260. The van der Waals surface area contributed by atoms with E-state index in [9.17, 15) is 9.59 Å². The van der Waals surface area contributed by atoms with Gasteiger partial charge in [-0.25, -0.2) is 15.3 Å². The number of esters is 1. The fourth-order valence-corrected chi connectivity index (χ4v) is 4.47. The van der Waals surface area contributed by atoms with Crippen molar-refractivity contribution < 1.29 is 23.9 Å². The first kappa shape index (κ1) is 24.5. The first-order valence-corrected chi connectivity index (χ1v) is 12.4. The molecule has 3 aromatic rings. The summed E-state index contributed by atoms with van der Waals surface area (Å²) in [6.07, 6.45) is 0.303. The molecule has 0 saturated carbocycles. The Kier molecular flexibility index (Phi) is 7.46. The predicted octanol–water partition coefficient (Wildman–Crippen LogP) is 4.17. The molecular formula is C29H29N3O5. The van der Waals surface area contributed by atoms with Crippen LogP contribution in [0, 0.1) is 5.92 Å². The number of amidine groups is 1. The monoisotopic (exact) mass is 499 g/mol. The van der Waals surface area contributed by atoms with Crippen LogP contribution in [0.25, 0.3) is 11.1 Å². The zero-order valence-corrected chi connectivity index (χ0v) is 20.6. The average Bonchev–Trinajstić information content (AvgIpc) is 3.56. The Labute approximate surface area is 215 Å². The third kappa shape index (κ3) is 5.98. The number of rotatable bonds is 9. The largest absolute Gasteiger partial charge is 0.491 e. The van der Waals surface area contributed by atoms with E-state index in [1.807, 2.05) is 78.9 Å². The molecule has 2 aliphatic heterocycles. The van der Waals surface area contributed by atoms with Crippen LogP contribution >= 0.6 is 0 Å². The average molecular weight is 500 g/mol. The minimum atomic E-state index is -0.362. The Balaban J connectivity index is 1.14. The van der Waals surface area contributed by atoms with Gasteiger partial charge in [0.1, 0.15) is 12.4 Å². The molecule has 8 nitrogen and oxygen atoms in total. The quantitative estimate of drug-likeness (QED) is 0.429. The fraction of sp³-hybridized carbons (Fsp3) is 0.276. The number of aliphatic imine (C=N–C) groups is 1. The highest BCUT2D eigenvalue weighted by Crippen LogP contribution is 2.26. The van der Waals surface area contributed by atoms with Gasteiger partial charge in [-0.2, -0.15) is 0 Å². The van der Waals surface area contributed by atoms with Crippen molar-refractivity contribution in [3.63, 3.8) is 0 Å². The molecule has 0 radical (unpaired) electrons. The first-order valence-electron chi connectivity index (χ1n) is 12.4. The second kappa shape index (κ2) is 11.3. The van der Waals surface area contributed by atoms with Crippen LogP contribution in [0.5, 0.6) is 5.75 Å². The zero-order chi connectivity index (χ0) is 25.6. The van der Waals surface area contributed by atoms with Crippen molar-refractivity contribution in [2.45, 2.75) is 32.0 Å². The highest BCUT2D eigenvalue weighted by molar-refractivity contribution is 5.99. The number of carbonyl (C=O) groups excluding carboxylic acids is 2. The molecule has 1 fully saturated rings. The van der Waals surface area contributed by atoms with Gasteiger partial charge in [0.25, 0.3) is 0 Å². The van der Waals surface area contributed by atoms with Crippen molar-refractivity contribution >= 4 is 17.7 Å². The Hall–Kier alpha value is -4.17.